The molecular formula is C19H18FN3O2. The van der Waals surface area contributed by atoms with Gasteiger partial charge in [0.05, 0.1) is 11.0 Å². The molecule has 1 aliphatic rings. The molecule has 1 aromatic heterocycles. The van der Waals surface area contributed by atoms with E-state index in [0.717, 1.165) is 23.9 Å². The quantitative estimate of drug-likeness (QED) is 0.761. The minimum Gasteiger partial charge on any atom is -0.365 e. The number of anilines is 1. The second-order valence-electron chi connectivity index (χ2n) is 6.46. The SMILES string of the molecule is C[C@]1(C(=O)Nc2ccc3nc(-c4cccc(F)c4)[nH]c3c2)CCCO1. The Morgan fingerprint density at radius 1 is 1.32 bits per heavy atom. The van der Waals surface area contributed by atoms with E-state index in [0.29, 0.717) is 23.7 Å². The van der Waals surface area contributed by atoms with Crippen molar-refractivity contribution in [2.24, 2.45) is 0 Å². The Morgan fingerprint density at radius 2 is 2.20 bits per heavy atom. The van der Waals surface area contributed by atoms with Crippen LogP contribution in [0.1, 0.15) is 19.8 Å². The van der Waals surface area contributed by atoms with Gasteiger partial charge in [-0.1, -0.05) is 12.1 Å². The highest BCUT2D eigenvalue weighted by Crippen LogP contribution is 2.28. The van der Waals surface area contributed by atoms with E-state index in [-0.39, 0.29) is 11.7 Å². The van der Waals surface area contributed by atoms with E-state index >= 15 is 0 Å². The summed E-state index contributed by atoms with van der Waals surface area (Å²) in [5, 5.41) is 2.90. The fourth-order valence-corrected chi connectivity index (χ4v) is 3.08. The number of carbonyl (C=O) groups excluding carboxylic acids is 1. The van der Waals surface area contributed by atoms with Crippen LogP contribution in [-0.2, 0) is 9.53 Å². The number of amides is 1. The Balaban J connectivity index is 1.61. The molecule has 0 aliphatic carbocycles. The zero-order valence-corrected chi connectivity index (χ0v) is 13.8. The summed E-state index contributed by atoms with van der Waals surface area (Å²) in [4.78, 5) is 20.1. The van der Waals surface area contributed by atoms with Gasteiger partial charge in [-0.2, -0.15) is 0 Å². The molecule has 2 heterocycles. The molecule has 0 saturated carbocycles. The van der Waals surface area contributed by atoms with Crippen LogP contribution >= 0.6 is 0 Å². The van der Waals surface area contributed by atoms with Crippen LogP contribution in [0.2, 0.25) is 0 Å². The molecule has 5 nitrogen and oxygen atoms in total. The Hall–Kier alpha value is -2.73. The number of nitrogens with one attached hydrogen (secondary N) is 2. The third kappa shape index (κ3) is 3.00. The lowest BCUT2D eigenvalue weighted by Gasteiger charge is -2.21. The van der Waals surface area contributed by atoms with Crippen molar-refractivity contribution in [3.05, 3.63) is 48.3 Å². The van der Waals surface area contributed by atoms with Crippen LogP contribution in [0.4, 0.5) is 10.1 Å². The van der Waals surface area contributed by atoms with Crippen molar-refractivity contribution in [2.45, 2.75) is 25.4 Å². The van der Waals surface area contributed by atoms with Crippen molar-refractivity contribution < 1.29 is 13.9 Å². The number of benzene rings is 2. The summed E-state index contributed by atoms with van der Waals surface area (Å²) in [7, 11) is 0. The average Bonchev–Trinajstić information content (AvgIpc) is 3.21. The molecule has 0 radical (unpaired) electrons. The van der Waals surface area contributed by atoms with Crippen LogP contribution < -0.4 is 5.32 Å². The summed E-state index contributed by atoms with van der Waals surface area (Å²) >= 11 is 0. The molecule has 3 aromatic rings. The van der Waals surface area contributed by atoms with E-state index in [9.17, 15) is 9.18 Å². The summed E-state index contributed by atoms with van der Waals surface area (Å²) in [5.41, 5.74) is 2.10. The minimum atomic E-state index is -0.768. The summed E-state index contributed by atoms with van der Waals surface area (Å²) in [5.74, 6) is 0.133. The molecule has 1 fully saturated rings. The predicted octanol–water partition coefficient (Wildman–Crippen LogP) is 3.88. The summed E-state index contributed by atoms with van der Waals surface area (Å²) in [6.07, 6.45) is 1.61. The average molecular weight is 339 g/mol. The van der Waals surface area contributed by atoms with Gasteiger partial charge in [-0.3, -0.25) is 4.79 Å². The van der Waals surface area contributed by atoms with Crippen molar-refractivity contribution in [2.75, 3.05) is 11.9 Å². The number of ether oxygens (including phenoxy) is 1. The highest BCUT2D eigenvalue weighted by atomic mass is 19.1. The molecule has 6 heteroatoms. The number of aromatic amines is 1. The van der Waals surface area contributed by atoms with E-state index in [1.807, 2.05) is 19.1 Å². The molecule has 0 bridgehead atoms. The van der Waals surface area contributed by atoms with E-state index in [2.05, 4.69) is 15.3 Å². The van der Waals surface area contributed by atoms with Gasteiger partial charge >= 0.3 is 0 Å². The molecule has 4 rings (SSSR count). The molecule has 2 aromatic carbocycles. The highest BCUT2D eigenvalue weighted by molar-refractivity contribution is 5.98. The predicted molar refractivity (Wildman–Crippen MR) is 93.7 cm³/mol. The lowest BCUT2D eigenvalue weighted by Crippen LogP contribution is -2.39. The highest BCUT2D eigenvalue weighted by Gasteiger charge is 2.37. The number of hydrogen-bond donors (Lipinski definition) is 2. The topological polar surface area (TPSA) is 67.0 Å². The van der Waals surface area contributed by atoms with Crippen LogP contribution in [0.15, 0.2) is 42.5 Å². The first-order chi connectivity index (χ1) is 12.0. The zero-order valence-electron chi connectivity index (χ0n) is 13.8. The lowest BCUT2D eigenvalue weighted by atomic mass is 10.0. The number of aromatic nitrogens is 2. The van der Waals surface area contributed by atoms with E-state index in [1.165, 1.54) is 12.1 Å². The van der Waals surface area contributed by atoms with Crippen molar-refractivity contribution in [3.63, 3.8) is 0 Å². The van der Waals surface area contributed by atoms with Crippen LogP contribution in [0.5, 0.6) is 0 Å². The molecule has 128 valence electrons. The first-order valence-electron chi connectivity index (χ1n) is 8.25. The molecular weight excluding hydrogens is 321 g/mol. The number of imidazole rings is 1. The van der Waals surface area contributed by atoms with Gasteiger partial charge in [0.25, 0.3) is 5.91 Å². The molecule has 1 aliphatic heterocycles. The largest absolute Gasteiger partial charge is 0.365 e. The standard InChI is InChI=1S/C19H18FN3O2/c1-19(8-3-9-25-19)18(24)21-14-6-7-15-16(11-14)23-17(22-15)12-4-2-5-13(20)10-12/h2,4-7,10-11H,3,8-9H2,1H3,(H,21,24)(H,22,23)/t19-/m1/s1. The number of nitrogens with zero attached hydrogens (tertiary/aromatic N) is 1. The number of hydrogen-bond acceptors (Lipinski definition) is 3. The van der Waals surface area contributed by atoms with Gasteiger partial charge in [-0.25, -0.2) is 9.37 Å². The van der Waals surface area contributed by atoms with Crippen molar-refractivity contribution >= 4 is 22.6 Å². The Bertz CT molecular complexity index is 945. The third-order valence-electron chi connectivity index (χ3n) is 4.54. The maximum absolute atomic E-state index is 13.4. The summed E-state index contributed by atoms with van der Waals surface area (Å²) < 4.78 is 19.0. The molecule has 25 heavy (non-hydrogen) atoms. The number of H-pyrrole nitrogens is 1. The third-order valence-corrected chi connectivity index (χ3v) is 4.54. The fraction of sp³-hybridized carbons (Fsp3) is 0.263. The monoisotopic (exact) mass is 339 g/mol. The number of halogens is 1. The summed E-state index contributed by atoms with van der Waals surface area (Å²) in [6.45, 7) is 2.42. The first-order valence-corrected chi connectivity index (χ1v) is 8.25. The van der Waals surface area contributed by atoms with Gasteiger partial charge < -0.3 is 15.0 Å². The van der Waals surface area contributed by atoms with Crippen molar-refractivity contribution in [1.82, 2.24) is 9.97 Å². The van der Waals surface area contributed by atoms with Crippen molar-refractivity contribution in [1.29, 1.82) is 0 Å². The molecule has 1 amide bonds. The Labute approximate surface area is 144 Å². The second-order valence-corrected chi connectivity index (χ2v) is 6.46. The normalized spacial score (nSPS) is 20.1. The second kappa shape index (κ2) is 5.97. The first kappa shape index (κ1) is 15.8. The number of rotatable bonds is 3. The zero-order chi connectivity index (χ0) is 17.4. The number of fused-ring (bicyclic) bond motifs is 1. The van der Waals surface area contributed by atoms with Gasteiger partial charge in [-0.05, 0) is 50.1 Å². The summed E-state index contributed by atoms with van der Waals surface area (Å²) in [6, 6.07) is 11.7. The van der Waals surface area contributed by atoms with E-state index in [1.54, 1.807) is 18.2 Å². The van der Waals surface area contributed by atoms with Crippen LogP contribution in [0, 0.1) is 5.82 Å². The van der Waals surface area contributed by atoms with Gasteiger partial charge in [0, 0.05) is 17.9 Å². The lowest BCUT2D eigenvalue weighted by molar-refractivity contribution is -0.133. The van der Waals surface area contributed by atoms with Gasteiger partial charge in [0.2, 0.25) is 0 Å². The van der Waals surface area contributed by atoms with Crippen molar-refractivity contribution in [3.8, 4) is 11.4 Å². The van der Waals surface area contributed by atoms with Crippen LogP contribution in [0.25, 0.3) is 22.4 Å². The molecule has 0 spiro atoms. The fourth-order valence-electron chi connectivity index (χ4n) is 3.08. The van der Waals surface area contributed by atoms with Gasteiger partial charge in [0.1, 0.15) is 17.2 Å². The van der Waals surface area contributed by atoms with Crippen LogP contribution in [0.3, 0.4) is 0 Å². The molecule has 0 unspecified atom stereocenters. The minimum absolute atomic E-state index is 0.144. The molecule has 1 atom stereocenters. The molecule has 1 saturated heterocycles. The van der Waals surface area contributed by atoms with Gasteiger partial charge in [0.15, 0.2) is 0 Å². The Morgan fingerprint density at radius 3 is 2.96 bits per heavy atom. The van der Waals surface area contributed by atoms with E-state index < -0.39 is 5.60 Å². The molecule has 2 N–H and O–H groups in total. The maximum Gasteiger partial charge on any atom is 0.256 e. The maximum atomic E-state index is 13.4. The van der Waals surface area contributed by atoms with Crippen LogP contribution in [-0.4, -0.2) is 28.1 Å². The Kier molecular flexibility index (Phi) is 3.77. The van der Waals surface area contributed by atoms with E-state index in [4.69, 9.17) is 4.74 Å². The smallest absolute Gasteiger partial charge is 0.256 e. The number of carbonyl (C=O) groups is 1. The van der Waals surface area contributed by atoms with Gasteiger partial charge in [-0.15, -0.1) is 0 Å².